The van der Waals surface area contributed by atoms with Crippen molar-refractivity contribution in [1.82, 2.24) is 5.32 Å². The molecule has 6 heteroatoms. The molecule has 0 spiro atoms. The Kier molecular flexibility index (Phi) is 12.6. The van der Waals surface area contributed by atoms with Crippen molar-refractivity contribution in [3.05, 3.63) is 0 Å². The number of ether oxygens (including phenoxy) is 1. The predicted molar refractivity (Wildman–Crippen MR) is 80.4 cm³/mol. The van der Waals surface area contributed by atoms with Gasteiger partial charge in [-0.05, 0) is 12.8 Å². The molecule has 0 aromatic heterocycles. The normalized spacial score (nSPS) is 10.2. The SMILES string of the molecule is CNC(=O)CCCCCCCCCCC(=O)OC(=O)CN. The molecule has 6 nitrogen and oxygen atoms in total. The van der Waals surface area contributed by atoms with E-state index >= 15 is 0 Å². The predicted octanol–water partition coefficient (Wildman–Crippen LogP) is 1.66. The Morgan fingerprint density at radius 2 is 1.29 bits per heavy atom. The number of carbonyl (C=O) groups excluding carboxylic acids is 3. The van der Waals surface area contributed by atoms with Crippen molar-refractivity contribution in [3.8, 4) is 0 Å². The van der Waals surface area contributed by atoms with E-state index in [4.69, 9.17) is 5.73 Å². The highest BCUT2D eigenvalue weighted by Gasteiger charge is 2.07. The van der Waals surface area contributed by atoms with Crippen LogP contribution < -0.4 is 11.1 Å². The third kappa shape index (κ3) is 13.3. The largest absolute Gasteiger partial charge is 0.392 e. The van der Waals surface area contributed by atoms with Gasteiger partial charge in [-0.25, -0.2) is 0 Å². The first-order valence-corrected chi connectivity index (χ1v) is 7.74. The van der Waals surface area contributed by atoms with E-state index in [1.165, 1.54) is 0 Å². The average Bonchev–Trinajstić information content (AvgIpc) is 2.48. The third-order valence-corrected chi connectivity index (χ3v) is 3.21. The molecule has 0 saturated heterocycles. The van der Waals surface area contributed by atoms with Gasteiger partial charge in [-0.2, -0.15) is 0 Å². The zero-order chi connectivity index (χ0) is 15.9. The Morgan fingerprint density at radius 3 is 1.76 bits per heavy atom. The second-order valence-electron chi connectivity index (χ2n) is 5.05. The van der Waals surface area contributed by atoms with Gasteiger partial charge in [0.15, 0.2) is 0 Å². The van der Waals surface area contributed by atoms with E-state index in [9.17, 15) is 14.4 Å². The molecular weight excluding hydrogens is 272 g/mol. The van der Waals surface area contributed by atoms with E-state index in [0.717, 1.165) is 51.4 Å². The molecular formula is C15H28N2O4. The Bertz CT molecular complexity index is 319. The summed E-state index contributed by atoms with van der Waals surface area (Å²) in [6.45, 7) is -0.258. The van der Waals surface area contributed by atoms with Crippen LogP contribution in [-0.4, -0.2) is 31.4 Å². The van der Waals surface area contributed by atoms with Crippen molar-refractivity contribution in [3.63, 3.8) is 0 Å². The zero-order valence-corrected chi connectivity index (χ0v) is 13.0. The number of carbonyl (C=O) groups is 3. The quantitative estimate of drug-likeness (QED) is 0.324. The molecule has 0 aromatic rings. The van der Waals surface area contributed by atoms with Gasteiger partial charge in [-0.1, -0.05) is 38.5 Å². The van der Waals surface area contributed by atoms with Gasteiger partial charge in [0.25, 0.3) is 0 Å². The van der Waals surface area contributed by atoms with Crippen molar-refractivity contribution in [2.24, 2.45) is 5.73 Å². The molecule has 0 aliphatic heterocycles. The first-order chi connectivity index (χ1) is 10.1. The average molecular weight is 300 g/mol. The molecule has 0 atom stereocenters. The summed E-state index contributed by atoms with van der Waals surface area (Å²) >= 11 is 0. The molecule has 0 radical (unpaired) electrons. The molecule has 0 heterocycles. The lowest BCUT2D eigenvalue weighted by atomic mass is 10.1. The molecule has 0 fully saturated rings. The monoisotopic (exact) mass is 300 g/mol. The number of rotatable bonds is 12. The van der Waals surface area contributed by atoms with E-state index < -0.39 is 11.9 Å². The summed E-state index contributed by atoms with van der Waals surface area (Å²) in [6.07, 6.45) is 9.13. The van der Waals surface area contributed by atoms with E-state index in [-0.39, 0.29) is 18.9 Å². The zero-order valence-electron chi connectivity index (χ0n) is 13.0. The van der Waals surface area contributed by atoms with Crippen LogP contribution in [0.15, 0.2) is 0 Å². The van der Waals surface area contributed by atoms with Crippen LogP contribution in [0.2, 0.25) is 0 Å². The second-order valence-corrected chi connectivity index (χ2v) is 5.05. The maximum absolute atomic E-state index is 11.2. The Labute approximate surface area is 126 Å². The molecule has 122 valence electrons. The van der Waals surface area contributed by atoms with Gasteiger partial charge in [0, 0.05) is 19.9 Å². The number of esters is 2. The van der Waals surface area contributed by atoms with Crippen molar-refractivity contribution in [2.45, 2.75) is 64.2 Å². The van der Waals surface area contributed by atoms with E-state index in [1.807, 2.05) is 0 Å². The van der Waals surface area contributed by atoms with Crippen molar-refractivity contribution >= 4 is 17.8 Å². The van der Waals surface area contributed by atoms with Crippen LogP contribution in [-0.2, 0) is 19.1 Å². The molecule has 0 aromatic carbocycles. The highest BCUT2D eigenvalue weighted by Crippen LogP contribution is 2.10. The van der Waals surface area contributed by atoms with Gasteiger partial charge in [0.2, 0.25) is 5.91 Å². The summed E-state index contributed by atoms with van der Waals surface area (Å²) in [7, 11) is 1.66. The van der Waals surface area contributed by atoms with Crippen LogP contribution in [0.1, 0.15) is 64.2 Å². The lowest BCUT2D eigenvalue weighted by Gasteiger charge is -2.03. The molecule has 0 unspecified atom stereocenters. The molecule has 0 aliphatic carbocycles. The number of nitrogens with two attached hydrogens (primary N) is 1. The summed E-state index contributed by atoms with van der Waals surface area (Å²) < 4.78 is 4.46. The first kappa shape index (κ1) is 19.6. The standard InChI is InChI=1S/C15H28N2O4/c1-17-13(18)10-8-6-4-2-3-5-7-9-11-14(19)21-15(20)12-16/h2-12,16H2,1H3,(H,17,18). The van der Waals surface area contributed by atoms with Gasteiger partial charge in [0.05, 0.1) is 6.54 Å². The van der Waals surface area contributed by atoms with Gasteiger partial charge < -0.3 is 15.8 Å². The molecule has 1 amide bonds. The van der Waals surface area contributed by atoms with Crippen molar-refractivity contribution < 1.29 is 19.1 Å². The fourth-order valence-corrected chi connectivity index (χ4v) is 1.96. The van der Waals surface area contributed by atoms with Crippen molar-refractivity contribution in [2.75, 3.05) is 13.6 Å². The minimum absolute atomic E-state index is 0.106. The smallest absolute Gasteiger partial charge is 0.327 e. The Hall–Kier alpha value is -1.43. The van der Waals surface area contributed by atoms with Gasteiger partial charge in [0.1, 0.15) is 0 Å². The number of nitrogens with one attached hydrogen (secondary N) is 1. The lowest BCUT2D eigenvalue weighted by molar-refractivity contribution is -0.158. The first-order valence-electron chi connectivity index (χ1n) is 7.74. The number of unbranched alkanes of at least 4 members (excludes halogenated alkanes) is 7. The third-order valence-electron chi connectivity index (χ3n) is 3.21. The van der Waals surface area contributed by atoms with Gasteiger partial charge >= 0.3 is 11.9 Å². The lowest BCUT2D eigenvalue weighted by Crippen LogP contribution is -2.20. The Balaban J connectivity index is 3.24. The molecule has 0 aliphatic rings. The van der Waals surface area contributed by atoms with Crippen LogP contribution in [0.5, 0.6) is 0 Å². The molecule has 0 rings (SSSR count). The summed E-state index contributed by atoms with van der Waals surface area (Å²) in [5.74, 6) is -1.05. The molecule has 3 N–H and O–H groups in total. The maximum atomic E-state index is 11.2. The maximum Gasteiger partial charge on any atom is 0.327 e. The van der Waals surface area contributed by atoms with Gasteiger partial charge in [-0.15, -0.1) is 0 Å². The van der Waals surface area contributed by atoms with E-state index in [0.29, 0.717) is 6.42 Å². The number of amides is 1. The number of hydrogen-bond donors (Lipinski definition) is 2. The highest BCUT2D eigenvalue weighted by atomic mass is 16.6. The van der Waals surface area contributed by atoms with Gasteiger partial charge in [-0.3, -0.25) is 14.4 Å². The summed E-state index contributed by atoms with van der Waals surface area (Å²) in [5, 5.41) is 2.61. The second kappa shape index (κ2) is 13.5. The van der Waals surface area contributed by atoms with Crippen LogP contribution in [0.3, 0.4) is 0 Å². The van der Waals surface area contributed by atoms with Crippen LogP contribution in [0.25, 0.3) is 0 Å². The highest BCUT2D eigenvalue weighted by molar-refractivity contribution is 5.86. The molecule has 0 bridgehead atoms. The van der Waals surface area contributed by atoms with Crippen LogP contribution >= 0.6 is 0 Å². The topological polar surface area (TPSA) is 98.5 Å². The Morgan fingerprint density at radius 1 is 0.810 bits per heavy atom. The minimum atomic E-state index is -0.670. The number of hydrogen-bond acceptors (Lipinski definition) is 5. The fourth-order valence-electron chi connectivity index (χ4n) is 1.96. The molecule has 21 heavy (non-hydrogen) atoms. The van der Waals surface area contributed by atoms with E-state index in [1.54, 1.807) is 7.05 Å². The molecule has 0 saturated carbocycles. The fraction of sp³-hybridized carbons (Fsp3) is 0.800. The van der Waals surface area contributed by atoms with Crippen molar-refractivity contribution in [1.29, 1.82) is 0 Å². The van der Waals surface area contributed by atoms with E-state index in [2.05, 4.69) is 10.1 Å². The van der Waals surface area contributed by atoms with Crippen LogP contribution in [0, 0.1) is 0 Å². The summed E-state index contributed by atoms with van der Waals surface area (Å²) in [6, 6.07) is 0. The summed E-state index contributed by atoms with van der Waals surface area (Å²) in [5.41, 5.74) is 5.04. The minimum Gasteiger partial charge on any atom is -0.392 e. The summed E-state index contributed by atoms with van der Waals surface area (Å²) in [4.78, 5) is 32.9. The van der Waals surface area contributed by atoms with Crippen LogP contribution in [0.4, 0.5) is 0 Å².